The molecular formula is C21H14IN3O3. The van der Waals surface area contributed by atoms with Gasteiger partial charge in [0.2, 0.25) is 0 Å². The van der Waals surface area contributed by atoms with Crippen molar-refractivity contribution in [3.8, 4) is 5.69 Å². The Bertz CT molecular complexity index is 1310. The molecular weight excluding hydrogens is 469 g/mol. The van der Waals surface area contributed by atoms with E-state index in [2.05, 4.69) is 32.9 Å². The molecule has 1 amide bonds. The molecule has 0 aliphatic rings. The molecule has 3 aromatic carbocycles. The van der Waals surface area contributed by atoms with Gasteiger partial charge in [0.1, 0.15) is 0 Å². The van der Waals surface area contributed by atoms with Crippen LogP contribution in [0.1, 0.15) is 10.4 Å². The lowest BCUT2D eigenvalue weighted by Gasteiger charge is -2.09. The first kappa shape index (κ1) is 18.2. The Balaban J connectivity index is 1.76. The first-order chi connectivity index (χ1) is 13.5. The number of H-pyrrole nitrogens is 1. The molecule has 0 atom stereocenters. The van der Waals surface area contributed by atoms with E-state index >= 15 is 0 Å². The standard InChI is InChI=1S/C21H14IN3O3/c22-16-8-4-5-9-17(16)23-19(26)13-10-11-15-18(12-13)24-21(28)25(20(15)27)14-6-2-1-3-7-14/h1-12H,(H,23,26)(H,24,28). The average molecular weight is 483 g/mol. The number of para-hydroxylation sites is 2. The lowest BCUT2D eigenvalue weighted by atomic mass is 10.1. The molecule has 2 N–H and O–H groups in total. The summed E-state index contributed by atoms with van der Waals surface area (Å²) in [6.45, 7) is 0. The van der Waals surface area contributed by atoms with Gasteiger partial charge < -0.3 is 10.3 Å². The minimum atomic E-state index is -0.557. The highest BCUT2D eigenvalue weighted by molar-refractivity contribution is 14.1. The number of rotatable bonds is 3. The molecule has 0 bridgehead atoms. The molecule has 6 nitrogen and oxygen atoms in total. The van der Waals surface area contributed by atoms with Crippen LogP contribution in [0.5, 0.6) is 0 Å². The molecule has 1 aromatic heterocycles. The zero-order valence-electron chi connectivity index (χ0n) is 14.5. The fourth-order valence-corrected chi connectivity index (χ4v) is 3.45. The van der Waals surface area contributed by atoms with Crippen molar-refractivity contribution in [2.45, 2.75) is 0 Å². The molecule has 1 heterocycles. The van der Waals surface area contributed by atoms with Crippen LogP contribution in [0.15, 0.2) is 82.4 Å². The van der Waals surface area contributed by atoms with Crippen LogP contribution in [-0.4, -0.2) is 15.5 Å². The quantitative estimate of drug-likeness (QED) is 0.438. The Morgan fingerprint density at radius 3 is 2.39 bits per heavy atom. The van der Waals surface area contributed by atoms with E-state index in [1.54, 1.807) is 42.5 Å². The number of aromatic amines is 1. The second kappa shape index (κ2) is 7.43. The second-order valence-corrected chi connectivity index (χ2v) is 7.26. The number of aromatic nitrogens is 2. The third-order valence-electron chi connectivity index (χ3n) is 4.30. The van der Waals surface area contributed by atoms with Crippen molar-refractivity contribution in [1.29, 1.82) is 0 Å². The molecule has 138 valence electrons. The Kier molecular flexibility index (Phi) is 4.82. The summed E-state index contributed by atoms with van der Waals surface area (Å²) in [5, 5.41) is 3.16. The van der Waals surface area contributed by atoms with Gasteiger partial charge in [0.05, 0.1) is 22.3 Å². The van der Waals surface area contributed by atoms with E-state index in [1.165, 1.54) is 6.07 Å². The molecule has 4 aromatic rings. The number of benzene rings is 3. The summed E-state index contributed by atoms with van der Waals surface area (Å²) in [7, 11) is 0. The van der Waals surface area contributed by atoms with E-state index in [0.717, 1.165) is 8.14 Å². The number of fused-ring (bicyclic) bond motifs is 1. The Morgan fingerprint density at radius 1 is 0.929 bits per heavy atom. The minimum Gasteiger partial charge on any atom is -0.321 e. The van der Waals surface area contributed by atoms with Crippen LogP contribution in [0.2, 0.25) is 0 Å². The number of nitrogens with one attached hydrogen (secondary N) is 2. The van der Waals surface area contributed by atoms with Gasteiger partial charge in [-0.25, -0.2) is 9.36 Å². The van der Waals surface area contributed by atoms with Crippen LogP contribution in [0.4, 0.5) is 5.69 Å². The number of amides is 1. The largest absolute Gasteiger partial charge is 0.333 e. The fraction of sp³-hybridized carbons (Fsp3) is 0. The topological polar surface area (TPSA) is 84.0 Å². The summed E-state index contributed by atoms with van der Waals surface area (Å²) in [4.78, 5) is 40.6. The van der Waals surface area contributed by atoms with Gasteiger partial charge in [0.25, 0.3) is 11.5 Å². The summed E-state index contributed by atoms with van der Waals surface area (Å²) in [6.07, 6.45) is 0. The van der Waals surface area contributed by atoms with E-state index in [-0.39, 0.29) is 5.91 Å². The summed E-state index contributed by atoms with van der Waals surface area (Å²) < 4.78 is 1.99. The zero-order chi connectivity index (χ0) is 19.7. The van der Waals surface area contributed by atoms with Crippen LogP contribution >= 0.6 is 22.6 Å². The van der Waals surface area contributed by atoms with Gasteiger partial charge in [-0.3, -0.25) is 9.59 Å². The lowest BCUT2D eigenvalue weighted by Crippen LogP contribution is -2.33. The lowest BCUT2D eigenvalue weighted by molar-refractivity contribution is 0.102. The second-order valence-electron chi connectivity index (χ2n) is 6.10. The third-order valence-corrected chi connectivity index (χ3v) is 5.24. The van der Waals surface area contributed by atoms with Gasteiger partial charge in [0, 0.05) is 9.13 Å². The SMILES string of the molecule is O=C(Nc1ccccc1I)c1ccc2c(=O)n(-c3ccccc3)c(=O)[nH]c2c1. The first-order valence-electron chi connectivity index (χ1n) is 8.45. The van der Waals surface area contributed by atoms with Gasteiger partial charge in [-0.05, 0) is 65.1 Å². The maximum Gasteiger partial charge on any atom is 0.333 e. The summed E-state index contributed by atoms with van der Waals surface area (Å²) in [5.41, 5.74) is 0.850. The zero-order valence-corrected chi connectivity index (χ0v) is 16.6. The summed E-state index contributed by atoms with van der Waals surface area (Å²) in [5.74, 6) is -0.320. The molecule has 28 heavy (non-hydrogen) atoms. The van der Waals surface area contributed by atoms with Crippen LogP contribution in [0.3, 0.4) is 0 Å². The highest BCUT2D eigenvalue weighted by atomic mass is 127. The van der Waals surface area contributed by atoms with E-state index < -0.39 is 11.2 Å². The molecule has 0 radical (unpaired) electrons. The van der Waals surface area contributed by atoms with Gasteiger partial charge in [-0.1, -0.05) is 30.3 Å². The first-order valence-corrected chi connectivity index (χ1v) is 9.53. The number of hydrogen-bond donors (Lipinski definition) is 2. The number of carbonyl (C=O) groups is 1. The summed E-state index contributed by atoms with van der Waals surface area (Å²) in [6, 6.07) is 20.7. The van der Waals surface area contributed by atoms with Gasteiger partial charge in [0.15, 0.2) is 0 Å². The maximum atomic E-state index is 12.8. The molecule has 0 spiro atoms. The number of hydrogen-bond acceptors (Lipinski definition) is 3. The Morgan fingerprint density at radius 2 is 1.64 bits per heavy atom. The molecule has 0 aliphatic carbocycles. The van der Waals surface area contributed by atoms with Crippen molar-refractivity contribution in [1.82, 2.24) is 9.55 Å². The molecule has 0 fully saturated rings. The maximum absolute atomic E-state index is 12.8. The van der Waals surface area contributed by atoms with Crippen LogP contribution in [0, 0.1) is 3.57 Å². The average Bonchev–Trinajstić information content (AvgIpc) is 2.70. The number of halogens is 1. The Labute approximate surface area is 173 Å². The van der Waals surface area contributed by atoms with Crippen molar-refractivity contribution in [2.24, 2.45) is 0 Å². The predicted molar refractivity (Wildman–Crippen MR) is 117 cm³/mol. The summed E-state index contributed by atoms with van der Waals surface area (Å²) >= 11 is 2.14. The van der Waals surface area contributed by atoms with Crippen molar-refractivity contribution in [3.05, 3.63) is 103 Å². The molecule has 4 rings (SSSR count). The fourth-order valence-electron chi connectivity index (χ4n) is 2.93. The number of carbonyl (C=O) groups excluding carboxylic acids is 1. The van der Waals surface area contributed by atoms with Crippen molar-refractivity contribution in [2.75, 3.05) is 5.32 Å². The minimum absolute atomic E-state index is 0.317. The van der Waals surface area contributed by atoms with E-state index in [9.17, 15) is 14.4 Å². The van der Waals surface area contributed by atoms with Crippen molar-refractivity contribution >= 4 is 45.1 Å². The monoisotopic (exact) mass is 483 g/mol. The van der Waals surface area contributed by atoms with Crippen LogP contribution in [0.25, 0.3) is 16.6 Å². The molecule has 0 saturated carbocycles. The van der Waals surface area contributed by atoms with Gasteiger partial charge in [-0.2, -0.15) is 0 Å². The number of anilines is 1. The highest BCUT2D eigenvalue weighted by Gasteiger charge is 2.13. The van der Waals surface area contributed by atoms with E-state index in [4.69, 9.17) is 0 Å². The highest BCUT2D eigenvalue weighted by Crippen LogP contribution is 2.19. The van der Waals surface area contributed by atoms with Gasteiger partial charge in [-0.15, -0.1) is 0 Å². The van der Waals surface area contributed by atoms with E-state index in [0.29, 0.717) is 27.8 Å². The van der Waals surface area contributed by atoms with Crippen LogP contribution < -0.4 is 16.6 Å². The van der Waals surface area contributed by atoms with Crippen molar-refractivity contribution in [3.63, 3.8) is 0 Å². The molecule has 0 aliphatic heterocycles. The normalized spacial score (nSPS) is 10.8. The molecule has 7 heteroatoms. The van der Waals surface area contributed by atoms with Gasteiger partial charge >= 0.3 is 5.69 Å². The third kappa shape index (κ3) is 3.36. The smallest absolute Gasteiger partial charge is 0.321 e. The number of nitrogens with zero attached hydrogens (tertiary/aromatic N) is 1. The van der Waals surface area contributed by atoms with Crippen molar-refractivity contribution < 1.29 is 4.79 Å². The molecule has 0 saturated heterocycles. The van der Waals surface area contributed by atoms with Crippen LogP contribution in [-0.2, 0) is 0 Å². The predicted octanol–water partition coefficient (Wildman–Crippen LogP) is 3.54. The Hall–Kier alpha value is -3.20. The van der Waals surface area contributed by atoms with E-state index in [1.807, 2.05) is 24.3 Å². The molecule has 0 unspecified atom stereocenters.